The van der Waals surface area contributed by atoms with Crippen LogP contribution >= 0.6 is 11.3 Å². The van der Waals surface area contributed by atoms with E-state index in [9.17, 15) is 13.2 Å². The van der Waals surface area contributed by atoms with Crippen LogP contribution in [-0.2, 0) is 10.0 Å². The zero-order chi connectivity index (χ0) is 17.7. The highest BCUT2D eigenvalue weighted by Crippen LogP contribution is 2.22. The largest absolute Gasteiger partial charge is 0.321 e. The standard InChI is InChI=1S/C17H22N2O3S2/c1-4-5-9-18-24(21,22)15-8-6-7-14(11-15)19-17(20)16-10-12(2)13(3)23-16/h6-8,10-11,18H,4-5,9H2,1-3H3,(H,19,20). The van der Waals surface area contributed by atoms with Gasteiger partial charge in [-0.25, -0.2) is 13.1 Å². The zero-order valence-corrected chi connectivity index (χ0v) is 15.7. The molecule has 0 radical (unpaired) electrons. The van der Waals surface area contributed by atoms with Crippen molar-refractivity contribution >= 4 is 33.0 Å². The Bertz CT molecular complexity index is 807. The molecular formula is C17H22N2O3S2. The van der Waals surface area contributed by atoms with Crippen LogP contribution in [0.15, 0.2) is 35.2 Å². The number of nitrogens with one attached hydrogen (secondary N) is 2. The highest BCUT2D eigenvalue weighted by atomic mass is 32.2. The quantitative estimate of drug-likeness (QED) is 0.734. The molecule has 24 heavy (non-hydrogen) atoms. The fraction of sp³-hybridized carbons (Fsp3) is 0.353. The van der Waals surface area contributed by atoms with Crippen LogP contribution in [-0.4, -0.2) is 20.9 Å². The minimum Gasteiger partial charge on any atom is -0.321 e. The number of benzene rings is 1. The van der Waals surface area contributed by atoms with Crippen LogP contribution in [0.2, 0.25) is 0 Å². The molecule has 2 N–H and O–H groups in total. The maximum absolute atomic E-state index is 12.3. The van der Waals surface area contributed by atoms with Crippen LogP contribution in [0.4, 0.5) is 5.69 Å². The van der Waals surface area contributed by atoms with Crippen molar-refractivity contribution in [2.45, 2.75) is 38.5 Å². The van der Waals surface area contributed by atoms with Crippen molar-refractivity contribution in [3.05, 3.63) is 45.6 Å². The third-order valence-electron chi connectivity index (χ3n) is 3.61. The van der Waals surface area contributed by atoms with Gasteiger partial charge >= 0.3 is 0 Å². The molecule has 5 nitrogen and oxygen atoms in total. The van der Waals surface area contributed by atoms with E-state index in [0.717, 1.165) is 23.3 Å². The topological polar surface area (TPSA) is 75.3 Å². The number of amides is 1. The van der Waals surface area contributed by atoms with Crippen molar-refractivity contribution in [1.82, 2.24) is 4.72 Å². The molecule has 0 aliphatic carbocycles. The van der Waals surface area contributed by atoms with Crippen LogP contribution < -0.4 is 10.0 Å². The van der Waals surface area contributed by atoms with Gasteiger partial charge in [0.15, 0.2) is 0 Å². The fourth-order valence-corrected chi connectivity index (χ4v) is 4.13. The molecular weight excluding hydrogens is 344 g/mol. The summed E-state index contributed by atoms with van der Waals surface area (Å²) in [5, 5.41) is 2.76. The first kappa shape index (κ1) is 18.6. The van der Waals surface area contributed by atoms with Gasteiger partial charge in [-0.3, -0.25) is 4.79 Å². The van der Waals surface area contributed by atoms with Crippen LogP contribution in [0.3, 0.4) is 0 Å². The molecule has 0 spiro atoms. The van der Waals surface area contributed by atoms with Gasteiger partial charge in [-0.2, -0.15) is 0 Å². The Balaban J connectivity index is 2.14. The number of anilines is 1. The van der Waals surface area contributed by atoms with E-state index in [1.807, 2.05) is 26.8 Å². The Labute approximate surface area is 147 Å². The first-order valence-electron chi connectivity index (χ1n) is 7.81. The Morgan fingerprint density at radius 2 is 1.96 bits per heavy atom. The van der Waals surface area contributed by atoms with Crippen molar-refractivity contribution < 1.29 is 13.2 Å². The highest BCUT2D eigenvalue weighted by molar-refractivity contribution is 7.89. The molecule has 1 amide bonds. The molecule has 0 saturated heterocycles. The molecule has 2 aromatic rings. The van der Waals surface area contributed by atoms with Crippen LogP contribution in [0, 0.1) is 13.8 Å². The predicted octanol–water partition coefficient (Wildman–Crippen LogP) is 3.70. The average Bonchev–Trinajstić information content (AvgIpc) is 2.87. The minimum absolute atomic E-state index is 0.148. The second-order valence-electron chi connectivity index (χ2n) is 5.58. The van der Waals surface area contributed by atoms with Gasteiger partial charge in [0.2, 0.25) is 10.0 Å². The van der Waals surface area contributed by atoms with E-state index in [1.54, 1.807) is 12.1 Å². The number of hydrogen-bond acceptors (Lipinski definition) is 4. The van der Waals surface area contributed by atoms with Gasteiger partial charge in [0.05, 0.1) is 9.77 Å². The monoisotopic (exact) mass is 366 g/mol. The van der Waals surface area contributed by atoms with Gasteiger partial charge in [0.25, 0.3) is 5.91 Å². The number of hydrogen-bond donors (Lipinski definition) is 2. The van der Waals surface area contributed by atoms with E-state index < -0.39 is 10.0 Å². The Hall–Kier alpha value is -1.70. The summed E-state index contributed by atoms with van der Waals surface area (Å²) in [7, 11) is -3.56. The predicted molar refractivity (Wildman–Crippen MR) is 98.3 cm³/mol. The summed E-state index contributed by atoms with van der Waals surface area (Å²) in [6.45, 7) is 6.32. The number of aryl methyl sites for hydroxylation is 2. The first-order valence-corrected chi connectivity index (χ1v) is 10.1. The van der Waals surface area contributed by atoms with Crippen molar-refractivity contribution in [2.75, 3.05) is 11.9 Å². The van der Waals surface area contributed by atoms with E-state index in [4.69, 9.17) is 0 Å². The summed E-state index contributed by atoms with van der Waals surface area (Å²) in [5.41, 5.74) is 1.53. The van der Waals surface area contributed by atoms with Crippen molar-refractivity contribution in [3.8, 4) is 0 Å². The molecule has 0 saturated carbocycles. The molecule has 0 aliphatic heterocycles. The lowest BCUT2D eigenvalue weighted by atomic mass is 10.2. The van der Waals surface area contributed by atoms with Crippen LogP contribution in [0.5, 0.6) is 0 Å². The van der Waals surface area contributed by atoms with Gasteiger partial charge in [-0.15, -0.1) is 11.3 Å². The molecule has 0 fully saturated rings. The van der Waals surface area contributed by atoms with Gasteiger partial charge in [0, 0.05) is 17.1 Å². The van der Waals surface area contributed by atoms with Crippen molar-refractivity contribution in [2.24, 2.45) is 0 Å². The number of carbonyl (C=O) groups excluding carboxylic acids is 1. The molecule has 0 bridgehead atoms. The second-order valence-corrected chi connectivity index (χ2v) is 8.61. The number of thiophene rings is 1. The molecule has 130 valence electrons. The van der Waals surface area contributed by atoms with E-state index in [-0.39, 0.29) is 10.8 Å². The molecule has 0 unspecified atom stereocenters. The molecule has 1 aromatic heterocycles. The Morgan fingerprint density at radius 3 is 2.58 bits per heavy atom. The first-order chi connectivity index (χ1) is 11.3. The maximum atomic E-state index is 12.3. The molecule has 1 heterocycles. The summed E-state index contributed by atoms with van der Waals surface area (Å²) in [6, 6.07) is 8.12. The van der Waals surface area contributed by atoms with Crippen molar-refractivity contribution in [3.63, 3.8) is 0 Å². The number of carbonyl (C=O) groups is 1. The second kappa shape index (κ2) is 7.92. The minimum atomic E-state index is -3.56. The lowest BCUT2D eigenvalue weighted by Crippen LogP contribution is -2.24. The molecule has 1 aromatic carbocycles. The zero-order valence-electron chi connectivity index (χ0n) is 14.0. The SMILES string of the molecule is CCCCNS(=O)(=O)c1cccc(NC(=O)c2cc(C)c(C)s2)c1. The summed E-state index contributed by atoms with van der Waals surface area (Å²) >= 11 is 1.42. The summed E-state index contributed by atoms with van der Waals surface area (Å²) in [4.78, 5) is 14.1. The van der Waals surface area contributed by atoms with Gasteiger partial charge < -0.3 is 5.32 Å². The number of rotatable bonds is 7. The third-order valence-corrected chi connectivity index (χ3v) is 6.22. The van der Waals surface area contributed by atoms with E-state index in [1.165, 1.54) is 23.5 Å². The van der Waals surface area contributed by atoms with E-state index in [0.29, 0.717) is 17.1 Å². The highest BCUT2D eigenvalue weighted by Gasteiger charge is 2.15. The fourth-order valence-electron chi connectivity index (χ4n) is 2.09. The lowest BCUT2D eigenvalue weighted by molar-refractivity contribution is 0.103. The van der Waals surface area contributed by atoms with Gasteiger partial charge in [0.1, 0.15) is 0 Å². The molecule has 2 rings (SSSR count). The normalized spacial score (nSPS) is 11.5. The molecule has 0 atom stereocenters. The number of sulfonamides is 1. The van der Waals surface area contributed by atoms with Crippen LogP contribution in [0.1, 0.15) is 39.9 Å². The summed E-state index contributed by atoms with van der Waals surface area (Å²) in [6.07, 6.45) is 1.70. The summed E-state index contributed by atoms with van der Waals surface area (Å²) in [5.74, 6) is -0.232. The van der Waals surface area contributed by atoms with Gasteiger partial charge in [-0.1, -0.05) is 19.4 Å². The smallest absolute Gasteiger partial charge is 0.265 e. The van der Waals surface area contributed by atoms with Crippen LogP contribution in [0.25, 0.3) is 0 Å². The average molecular weight is 367 g/mol. The van der Waals surface area contributed by atoms with Gasteiger partial charge in [-0.05, 0) is 50.1 Å². The summed E-state index contributed by atoms with van der Waals surface area (Å²) < 4.78 is 27.0. The maximum Gasteiger partial charge on any atom is 0.265 e. The van der Waals surface area contributed by atoms with E-state index >= 15 is 0 Å². The van der Waals surface area contributed by atoms with Crippen molar-refractivity contribution in [1.29, 1.82) is 0 Å². The number of unbranched alkanes of at least 4 members (excludes halogenated alkanes) is 1. The third kappa shape index (κ3) is 4.66. The van der Waals surface area contributed by atoms with E-state index in [2.05, 4.69) is 10.0 Å². The molecule has 7 heteroatoms. The Morgan fingerprint density at radius 1 is 1.21 bits per heavy atom. The lowest BCUT2D eigenvalue weighted by Gasteiger charge is -2.09. The molecule has 0 aliphatic rings. The Kier molecular flexibility index (Phi) is 6.15.